The molecule has 1 aromatic carbocycles. The lowest BCUT2D eigenvalue weighted by Gasteiger charge is -2.05. The van der Waals surface area contributed by atoms with Gasteiger partial charge in [-0.2, -0.15) is 0 Å². The first-order valence-corrected chi connectivity index (χ1v) is 5.58. The van der Waals surface area contributed by atoms with E-state index in [1.807, 2.05) is 0 Å². The van der Waals surface area contributed by atoms with Gasteiger partial charge in [-0.05, 0) is 12.1 Å². The molecule has 0 aliphatic heterocycles. The van der Waals surface area contributed by atoms with Gasteiger partial charge in [0.1, 0.15) is 0 Å². The summed E-state index contributed by atoms with van der Waals surface area (Å²) in [5.41, 5.74) is -0.373. The van der Waals surface area contributed by atoms with E-state index in [-0.39, 0.29) is 26.9 Å². The average Bonchev–Trinajstić information content (AvgIpc) is 2.30. The molecule has 0 fully saturated rings. The minimum atomic E-state index is -0.607. The van der Waals surface area contributed by atoms with Crippen molar-refractivity contribution >= 4 is 28.9 Å². The van der Waals surface area contributed by atoms with Crippen molar-refractivity contribution in [2.24, 2.45) is 0 Å². The van der Waals surface area contributed by atoms with Gasteiger partial charge in [0.25, 0.3) is 11.2 Å². The highest BCUT2D eigenvalue weighted by molar-refractivity contribution is 6.39. The van der Waals surface area contributed by atoms with E-state index in [0.29, 0.717) is 0 Å². The molecule has 2 rings (SSSR count). The number of benzene rings is 1. The van der Waals surface area contributed by atoms with Gasteiger partial charge in [0.15, 0.2) is 0 Å². The number of aromatic nitrogens is 1. The van der Waals surface area contributed by atoms with Gasteiger partial charge in [0.2, 0.25) is 0 Å². The number of H-pyrrole nitrogens is 1. The number of nitro groups is 1. The van der Waals surface area contributed by atoms with Crippen LogP contribution >= 0.6 is 23.2 Å². The molecule has 18 heavy (non-hydrogen) atoms. The Balaban J connectivity index is 2.75. The van der Waals surface area contributed by atoms with Gasteiger partial charge in [-0.25, -0.2) is 0 Å². The average molecular weight is 285 g/mol. The Morgan fingerprint density at radius 3 is 2.39 bits per heavy atom. The summed E-state index contributed by atoms with van der Waals surface area (Å²) in [7, 11) is 0. The Morgan fingerprint density at radius 2 is 1.83 bits per heavy atom. The number of nitrogens with one attached hydrogen (secondary N) is 1. The van der Waals surface area contributed by atoms with E-state index in [2.05, 4.69) is 4.98 Å². The second kappa shape index (κ2) is 4.80. The quantitative estimate of drug-likeness (QED) is 0.679. The van der Waals surface area contributed by atoms with Crippen molar-refractivity contribution < 1.29 is 4.92 Å². The van der Waals surface area contributed by atoms with Crippen LogP contribution in [0.3, 0.4) is 0 Å². The molecule has 92 valence electrons. The molecule has 0 bridgehead atoms. The van der Waals surface area contributed by atoms with Gasteiger partial charge in [0.05, 0.1) is 26.7 Å². The van der Waals surface area contributed by atoms with Crippen molar-refractivity contribution in [1.82, 2.24) is 4.98 Å². The molecule has 0 saturated heterocycles. The summed E-state index contributed by atoms with van der Waals surface area (Å²) in [6.45, 7) is 0. The summed E-state index contributed by atoms with van der Waals surface area (Å²) in [5, 5.41) is 11.2. The smallest absolute Gasteiger partial charge is 0.286 e. The van der Waals surface area contributed by atoms with E-state index in [1.54, 1.807) is 18.2 Å². The Labute approximate surface area is 111 Å². The standard InChI is InChI=1S/C11H6Cl2N2O3/c12-8-2-1-3-9(13)10(8)7-4-6(15(17)18)5-14-11(7)16/h1-5H,(H,14,16). The molecule has 1 heterocycles. The van der Waals surface area contributed by atoms with Crippen LogP contribution < -0.4 is 5.56 Å². The van der Waals surface area contributed by atoms with Crippen LogP contribution in [0.5, 0.6) is 0 Å². The lowest BCUT2D eigenvalue weighted by molar-refractivity contribution is -0.385. The van der Waals surface area contributed by atoms with Gasteiger partial charge in [-0.1, -0.05) is 29.3 Å². The highest BCUT2D eigenvalue weighted by Crippen LogP contribution is 2.33. The number of aromatic amines is 1. The third kappa shape index (κ3) is 2.23. The highest BCUT2D eigenvalue weighted by atomic mass is 35.5. The summed E-state index contributed by atoms with van der Waals surface area (Å²) in [5.74, 6) is 0. The number of nitrogens with zero attached hydrogens (tertiary/aromatic N) is 1. The van der Waals surface area contributed by atoms with E-state index in [9.17, 15) is 14.9 Å². The largest absolute Gasteiger partial charge is 0.322 e. The van der Waals surface area contributed by atoms with Gasteiger partial charge >= 0.3 is 0 Å². The van der Waals surface area contributed by atoms with Crippen LogP contribution in [0, 0.1) is 10.1 Å². The molecule has 0 aliphatic carbocycles. The number of pyridine rings is 1. The summed E-state index contributed by atoms with van der Waals surface area (Å²) in [6, 6.07) is 5.88. The molecule has 1 aromatic heterocycles. The molecular formula is C11H6Cl2N2O3. The molecule has 0 atom stereocenters. The fourth-order valence-electron chi connectivity index (χ4n) is 1.52. The second-order valence-electron chi connectivity index (χ2n) is 3.45. The molecule has 0 radical (unpaired) electrons. The maximum atomic E-state index is 11.7. The Kier molecular flexibility index (Phi) is 3.36. The fourth-order valence-corrected chi connectivity index (χ4v) is 2.12. The van der Waals surface area contributed by atoms with Crippen LogP contribution in [0.1, 0.15) is 0 Å². The lowest BCUT2D eigenvalue weighted by atomic mass is 10.1. The minimum absolute atomic E-state index is 0.0693. The van der Waals surface area contributed by atoms with Crippen LogP contribution in [0.4, 0.5) is 5.69 Å². The fraction of sp³-hybridized carbons (Fsp3) is 0. The Morgan fingerprint density at radius 1 is 1.22 bits per heavy atom. The van der Waals surface area contributed by atoms with E-state index in [0.717, 1.165) is 12.3 Å². The van der Waals surface area contributed by atoms with Crippen molar-refractivity contribution in [2.75, 3.05) is 0 Å². The topological polar surface area (TPSA) is 76.0 Å². The molecule has 7 heteroatoms. The van der Waals surface area contributed by atoms with Crippen LogP contribution in [0.15, 0.2) is 35.3 Å². The molecule has 2 aromatic rings. The second-order valence-corrected chi connectivity index (χ2v) is 4.27. The summed E-state index contributed by atoms with van der Waals surface area (Å²) in [6.07, 6.45) is 1.02. The molecule has 0 saturated carbocycles. The molecule has 0 spiro atoms. The van der Waals surface area contributed by atoms with Gasteiger partial charge in [-0.15, -0.1) is 0 Å². The molecule has 5 nitrogen and oxygen atoms in total. The first-order valence-electron chi connectivity index (χ1n) is 4.82. The summed E-state index contributed by atoms with van der Waals surface area (Å²) < 4.78 is 0. The van der Waals surface area contributed by atoms with Crippen molar-refractivity contribution in [1.29, 1.82) is 0 Å². The van der Waals surface area contributed by atoms with E-state index in [1.165, 1.54) is 0 Å². The van der Waals surface area contributed by atoms with E-state index < -0.39 is 10.5 Å². The SMILES string of the molecule is O=c1[nH]cc([N+](=O)[O-])cc1-c1c(Cl)cccc1Cl. The molecule has 1 N–H and O–H groups in total. The maximum Gasteiger partial charge on any atom is 0.286 e. The monoisotopic (exact) mass is 284 g/mol. The van der Waals surface area contributed by atoms with Crippen molar-refractivity contribution in [3.63, 3.8) is 0 Å². The van der Waals surface area contributed by atoms with Gasteiger partial charge < -0.3 is 4.98 Å². The third-order valence-corrected chi connectivity index (χ3v) is 2.96. The highest BCUT2D eigenvalue weighted by Gasteiger charge is 2.16. The zero-order valence-electron chi connectivity index (χ0n) is 8.81. The number of hydrogen-bond acceptors (Lipinski definition) is 3. The number of halogens is 2. The molecule has 0 unspecified atom stereocenters. The number of hydrogen-bond donors (Lipinski definition) is 1. The predicted octanol–water partition coefficient (Wildman–Crippen LogP) is 3.26. The van der Waals surface area contributed by atoms with E-state index >= 15 is 0 Å². The third-order valence-electron chi connectivity index (χ3n) is 2.33. The summed E-state index contributed by atoms with van der Waals surface area (Å²) >= 11 is 11.9. The zero-order valence-corrected chi connectivity index (χ0v) is 10.3. The van der Waals surface area contributed by atoms with E-state index in [4.69, 9.17) is 23.2 Å². The van der Waals surface area contributed by atoms with Crippen LogP contribution in [0.25, 0.3) is 11.1 Å². The molecular weight excluding hydrogens is 279 g/mol. The van der Waals surface area contributed by atoms with Crippen LogP contribution in [-0.2, 0) is 0 Å². The maximum absolute atomic E-state index is 11.7. The number of rotatable bonds is 2. The van der Waals surface area contributed by atoms with Crippen molar-refractivity contribution in [2.45, 2.75) is 0 Å². The summed E-state index contributed by atoms with van der Waals surface area (Å²) in [4.78, 5) is 24.1. The molecule has 0 amide bonds. The Bertz CT molecular complexity index is 662. The minimum Gasteiger partial charge on any atom is -0.322 e. The van der Waals surface area contributed by atoms with Gasteiger partial charge in [0, 0.05) is 11.6 Å². The van der Waals surface area contributed by atoms with Crippen LogP contribution in [-0.4, -0.2) is 9.91 Å². The normalized spacial score (nSPS) is 10.3. The van der Waals surface area contributed by atoms with Crippen molar-refractivity contribution in [3.05, 3.63) is 61.0 Å². The van der Waals surface area contributed by atoms with Gasteiger partial charge in [-0.3, -0.25) is 14.9 Å². The first-order chi connectivity index (χ1) is 8.50. The first kappa shape index (κ1) is 12.6. The predicted molar refractivity (Wildman–Crippen MR) is 69.2 cm³/mol. The Hall–Kier alpha value is -1.85. The molecule has 0 aliphatic rings. The zero-order chi connectivity index (χ0) is 13.3. The van der Waals surface area contributed by atoms with Crippen LogP contribution in [0.2, 0.25) is 10.0 Å². The van der Waals surface area contributed by atoms with Crippen molar-refractivity contribution in [3.8, 4) is 11.1 Å². The lowest BCUT2D eigenvalue weighted by Crippen LogP contribution is -2.09.